The smallest absolute Gasteiger partial charge is 0.338 e. The van der Waals surface area contributed by atoms with Crippen molar-refractivity contribution in [2.75, 3.05) is 25.6 Å². The molecule has 0 aliphatic carbocycles. The van der Waals surface area contributed by atoms with Crippen LogP contribution in [-0.2, 0) is 9.53 Å². The van der Waals surface area contributed by atoms with Crippen molar-refractivity contribution in [2.24, 2.45) is 0 Å². The fourth-order valence-corrected chi connectivity index (χ4v) is 2.93. The van der Waals surface area contributed by atoms with Gasteiger partial charge in [0.1, 0.15) is 18.2 Å². The van der Waals surface area contributed by atoms with Gasteiger partial charge in [0, 0.05) is 10.2 Å². The van der Waals surface area contributed by atoms with E-state index in [-0.39, 0.29) is 12.2 Å². The minimum absolute atomic E-state index is 0.114. The van der Waals surface area contributed by atoms with Gasteiger partial charge in [0.15, 0.2) is 11.5 Å². The lowest BCUT2D eigenvalue weighted by Gasteiger charge is -2.12. The Morgan fingerprint density at radius 2 is 1.94 bits per heavy atom. The number of hydrogen-bond acceptors (Lipinski definition) is 6. The standard InChI is InChI=1S/C23H21BrN2O5/c1-4-10-31-21-13-19(24)16(12-20(21)29-3)11-17(14-25)22(27)26-18-8-6-15(7-9-18)23(28)30-5-2/h4,6-9,11-13H,1,5,10H2,2-3H3,(H,26,27)/b17-11+. The summed E-state index contributed by atoms with van der Waals surface area (Å²) in [6, 6.07) is 11.4. The maximum atomic E-state index is 12.6. The van der Waals surface area contributed by atoms with Gasteiger partial charge in [-0.1, -0.05) is 28.6 Å². The number of nitrogens with zero attached hydrogens (tertiary/aromatic N) is 1. The Hall–Kier alpha value is -3.57. The van der Waals surface area contributed by atoms with Gasteiger partial charge in [-0.2, -0.15) is 5.26 Å². The molecule has 0 unspecified atom stereocenters. The lowest BCUT2D eigenvalue weighted by atomic mass is 10.1. The summed E-state index contributed by atoms with van der Waals surface area (Å²) < 4.78 is 16.4. The molecular formula is C23H21BrN2O5. The highest BCUT2D eigenvalue weighted by molar-refractivity contribution is 9.10. The second kappa shape index (κ2) is 11.6. The average Bonchev–Trinajstić information content (AvgIpc) is 2.77. The van der Waals surface area contributed by atoms with E-state index in [1.165, 1.54) is 25.3 Å². The molecule has 8 heteroatoms. The van der Waals surface area contributed by atoms with Crippen LogP contribution < -0.4 is 14.8 Å². The second-order valence-electron chi connectivity index (χ2n) is 6.05. The molecule has 0 bridgehead atoms. The lowest BCUT2D eigenvalue weighted by Crippen LogP contribution is -2.13. The highest BCUT2D eigenvalue weighted by atomic mass is 79.9. The highest BCUT2D eigenvalue weighted by Gasteiger charge is 2.14. The normalized spacial score (nSPS) is 10.6. The summed E-state index contributed by atoms with van der Waals surface area (Å²) in [7, 11) is 1.50. The molecule has 31 heavy (non-hydrogen) atoms. The average molecular weight is 485 g/mol. The van der Waals surface area contributed by atoms with Gasteiger partial charge in [-0.05, 0) is 55.0 Å². The molecule has 2 aromatic carbocycles. The van der Waals surface area contributed by atoms with Gasteiger partial charge < -0.3 is 19.5 Å². The number of nitrogens with one attached hydrogen (secondary N) is 1. The van der Waals surface area contributed by atoms with Crippen LogP contribution in [-0.4, -0.2) is 32.2 Å². The van der Waals surface area contributed by atoms with E-state index in [0.717, 1.165) is 0 Å². The number of ether oxygens (including phenoxy) is 3. The zero-order valence-corrected chi connectivity index (χ0v) is 18.7. The summed E-state index contributed by atoms with van der Waals surface area (Å²) in [5.74, 6) is -0.0961. The van der Waals surface area contributed by atoms with Crippen LogP contribution in [0.5, 0.6) is 11.5 Å². The molecular weight excluding hydrogens is 464 g/mol. The first kappa shape index (κ1) is 23.7. The van der Waals surface area contributed by atoms with E-state index in [1.54, 1.807) is 37.3 Å². The van der Waals surface area contributed by atoms with Crippen molar-refractivity contribution >= 4 is 39.6 Å². The van der Waals surface area contributed by atoms with Crippen molar-refractivity contribution in [3.8, 4) is 17.6 Å². The van der Waals surface area contributed by atoms with Gasteiger partial charge in [0.25, 0.3) is 5.91 Å². The Labute approximate surface area is 189 Å². The van der Waals surface area contributed by atoms with E-state index in [4.69, 9.17) is 14.2 Å². The van der Waals surface area contributed by atoms with Gasteiger partial charge in [-0.15, -0.1) is 0 Å². The number of methoxy groups -OCH3 is 1. The number of esters is 1. The number of rotatable bonds is 9. The first-order chi connectivity index (χ1) is 14.9. The SMILES string of the molecule is C=CCOc1cc(Br)c(/C=C(\C#N)C(=O)Nc2ccc(C(=O)OCC)cc2)cc1OC. The zero-order chi connectivity index (χ0) is 22.8. The number of amides is 1. The first-order valence-electron chi connectivity index (χ1n) is 9.25. The van der Waals surface area contributed by atoms with Crippen LogP contribution in [0.3, 0.4) is 0 Å². The fraction of sp³-hybridized carbons (Fsp3) is 0.174. The molecule has 0 atom stereocenters. The molecule has 0 spiro atoms. The monoisotopic (exact) mass is 484 g/mol. The maximum Gasteiger partial charge on any atom is 0.338 e. The molecule has 0 saturated carbocycles. The van der Waals surface area contributed by atoms with Crippen LogP contribution in [0.2, 0.25) is 0 Å². The summed E-state index contributed by atoms with van der Waals surface area (Å²) in [5.41, 5.74) is 1.25. The van der Waals surface area contributed by atoms with Crippen molar-refractivity contribution < 1.29 is 23.8 Å². The summed E-state index contributed by atoms with van der Waals surface area (Å²) in [5, 5.41) is 12.1. The van der Waals surface area contributed by atoms with Crippen LogP contribution in [0.15, 0.2) is 59.1 Å². The fourth-order valence-electron chi connectivity index (χ4n) is 2.49. The van der Waals surface area contributed by atoms with Crippen molar-refractivity contribution in [3.05, 3.63) is 70.2 Å². The van der Waals surface area contributed by atoms with Crippen LogP contribution in [0, 0.1) is 11.3 Å². The van der Waals surface area contributed by atoms with Gasteiger partial charge in [-0.25, -0.2) is 4.79 Å². The summed E-state index contributed by atoms with van der Waals surface area (Å²) in [4.78, 5) is 24.3. The molecule has 0 heterocycles. The van der Waals surface area contributed by atoms with Crippen LogP contribution >= 0.6 is 15.9 Å². The number of benzene rings is 2. The van der Waals surface area contributed by atoms with E-state index in [2.05, 4.69) is 27.8 Å². The van der Waals surface area contributed by atoms with E-state index < -0.39 is 11.9 Å². The molecule has 160 valence electrons. The minimum Gasteiger partial charge on any atom is -0.493 e. The van der Waals surface area contributed by atoms with Crippen molar-refractivity contribution in [2.45, 2.75) is 6.92 Å². The molecule has 0 aliphatic rings. The number of nitriles is 1. The van der Waals surface area contributed by atoms with Crippen molar-refractivity contribution in [3.63, 3.8) is 0 Å². The Morgan fingerprint density at radius 3 is 2.52 bits per heavy atom. The molecule has 0 saturated heterocycles. The Bertz CT molecular complexity index is 1040. The molecule has 7 nitrogen and oxygen atoms in total. The zero-order valence-electron chi connectivity index (χ0n) is 17.1. The van der Waals surface area contributed by atoms with Gasteiger partial charge in [0.05, 0.1) is 19.3 Å². The number of anilines is 1. The van der Waals surface area contributed by atoms with Gasteiger partial charge in [-0.3, -0.25) is 4.79 Å². The summed E-state index contributed by atoms with van der Waals surface area (Å²) in [6.45, 7) is 5.90. The maximum absolute atomic E-state index is 12.6. The highest BCUT2D eigenvalue weighted by Crippen LogP contribution is 2.34. The molecule has 2 aromatic rings. The third-order valence-corrected chi connectivity index (χ3v) is 4.65. The van der Waals surface area contributed by atoms with Crippen LogP contribution in [0.1, 0.15) is 22.8 Å². The molecule has 2 rings (SSSR count). The second-order valence-corrected chi connectivity index (χ2v) is 6.90. The van der Waals surface area contributed by atoms with Crippen molar-refractivity contribution in [1.29, 1.82) is 5.26 Å². The molecule has 0 aromatic heterocycles. The van der Waals surface area contributed by atoms with Gasteiger partial charge >= 0.3 is 5.97 Å². The van der Waals surface area contributed by atoms with E-state index in [1.807, 2.05) is 6.07 Å². The Morgan fingerprint density at radius 1 is 1.23 bits per heavy atom. The Kier molecular flexibility index (Phi) is 8.85. The van der Waals surface area contributed by atoms with Crippen LogP contribution in [0.4, 0.5) is 5.69 Å². The van der Waals surface area contributed by atoms with Crippen molar-refractivity contribution in [1.82, 2.24) is 0 Å². The molecule has 1 N–H and O–H groups in total. The molecule has 0 fully saturated rings. The topological polar surface area (TPSA) is 97.7 Å². The van der Waals surface area contributed by atoms with E-state index in [9.17, 15) is 14.9 Å². The third-order valence-electron chi connectivity index (χ3n) is 3.96. The Balaban J connectivity index is 2.23. The van der Waals surface area contributed by atoms with E-state index >= 15 is 0 Å². The molecule has 0 aliphatic heterocycles. The number of halogens is 1. The molecule has 0 radical (unpaired) electrons. The predicted molar refractivity (Wildman–Crippen MR) is 121 cm³/mol. The third kappa shape index (κ3) is 6.46. The van der Waals surface area contributed by atoms with Crippen LogP contribution in [0.25, 0.3) is 6.08 Å². The number of carbonyl (C=O) groups is 2. The van der Waals surface area contributed by atoms with Gasteiger partial charge in [0.2, 0.25) is 0 Å². The minimum atomic E-state index is -0.593. The number of carbonyl (C=O) groups excluding carboxylic acids is 2. The summed E-state index contributed by atoms with van der Waals surface area (Å²) >= 11 is 3.42. The quantitative estimate of drug-likeness (QED) is 0.238. The summed E-state index contributed by atoms with van der Waals surface area (Å²) in [6.07, 6.45) is 3.05. The largest absolute Gasteiger partial charge is 0.493 e. The first-order valence-corrected chi connectivity index (χ1v) is 10.0. The number of hydrogen-bond donors (Lipinski definition) is 1. The lowest BCUT2D eigenvalue weighted by molar-refractivity contribution is -0.112. The predicted octanol–water partition coefficient (Wildman–Crippen LogP) is 4.74. The molecule has 1 amide bonds. The van der Waals surface area contributed by atoms with E-state index in [0.29, 0.717) is 39.4 Å².